The van der Waals surface area contributed by atoms with Crippen LogP contribution < -0.4 is 10.6 Å². The molecule has 1 aromatic rings. The molecule has 2 N–H and O–H groups in total. The Morgan fingerprint density at radius 2 is 2.12 bits per heavy atom. The molecule has 1 heterocycles. The number of hydrogen-bond donors (Lipinski definition) is 2. The first-order chi connectivity index (χ1) is 11.6. The molecule has 0 radical (unpaired) electrons. The van der Waals surface area contributed by atoms with E-state index < -0.39 is 5.25 Å². The maximum atomic E-state index is 12.1. The minimum Gasteiger partial charge on any atom is -0.326 e. The number of hydrogen-bond acceptors (Lipinski definition) is 4. The zero-order valence-electron chi connectivity index (χ0n) is 13.3. The van der Waals surface area contributed by atoms with E-state index in [9.17, 15) is 9.59 Å². The second-order valence-electron chi connectivity index (χ2n) is 6.08. The maximum Gasteiger partial charge on any atom is 0.240 e. The largest absolute Gasteiger partial charge is 0.326 e. The minimum atomic E-state index is -0.425. The van der Waals surface area contributed by atoms with Gasteiger partial charge >= 0.3 is 0 Å². The second kappa shape index (κ2) is 8.03. The molecule has 1 aliphatic carbocycles. The van der Waals surface area contributed by atoms with Crippen LogP contribution in [0.5, 0.6) is 0 Å². The van der Waals surface area contributed by atoms with E-state index in [4.69, 9.17) is 11.6 Å². The molecule has 1 aromatic carbocycles. The van der Waals surface area contributed by atoms with Crippen molar-refractivity contribution in [1.82, 2.24) is 5.32 Å². The first kappa shape index (κ1) is 17.3. The molecule has 1 saturated carbocycles. The highest BCUT2D eigenvalue weighted by Crippen LogP contribution is 2.27. The van der Waals surface area contributed by atoms with Crippen LogP contribution in [0.25, 0.3) is 0 Å². The minimum absolute atomic E-state index is 0.118. The lowest BCUT2D eigenvalue weighted by atomic mass is 9.96. The monoisotopic (exact) mass is 365 g/mol. The third kappa shape index (κ3) is 4.74. The highest BCUT2D eigenvalue weighted by atomic mass is 35.5. The van der Waals surface area contributed by atoms with Gasteiger partial charge in [0, 0.05) is 17.1 Å². The van der Waals surface area contributed by atoms with Crippen LogP contribution in [0.4, 0.5) is 5.69 Å². The van der Waals surface area contributed by atoms with Crippen LogP contribution in [-0.4, -0.2) is 28.3 Å². The van der Waals surface area contributed by atoms with E-state index >= 15 is 0 Å². The first-order valence-electron chi connectivity index (χ1n) is 8.21. The van der Waals surface area contributed by atoms with Crippen molar-refractivity contribution in [3.8, 4) is 0 Å². The molecule has 0 bridgehead atoms. The molecule has 1 aliphatic heterocycles. The standard InChI is InChI=1S/C17H20ClN3O2S/c18-11-5-4-8-13(9-11)19-15(22)10-14-16(23)21-17(24-14)20-12-6-2-1-3-7-12/h4-5,8-9,12,14H,1-3,6-7,10H2,(H,19,22)(H,20,21,23). The zero-order chi connectivity index (χ0) is 16.9. The summed E-state index contributed by atoms with van der Waals surface area (Å²) in [6.07, 6.45) is 5.95. The normalized spacial score (nSPS) is 23.3. The summed E-state index contributed by atoms with van der Waals surface area (Å²) in [6, 6.07) is 7.26. The summed E-state index contributed by atoms with van der Waals surface area (Å²) in [5.41, 5.74) is 0.631. The quantitative estimate of drug-likeness (QED) is 0.856. The fraction of sp³-hybridized carbons (Fsp3) is 0.471. The van der Waals surface area contributed by atoms with Crippen LogP contribution in [0, 0.1) is 0 Å². The Morgan fingerprint density at radius 1 is 1.33 bits per heavy atom. The second-order valence-corrected chi connectivity index (χ2v) is 7.71. The molecule has 3 rings (SSSR count). The number of nitrogens with zero attached hydrogens (tertiary/aromatic N) is 1. The van der Waals surface area contributed by atoms with Crippen molar-refractivity contribution in [3.63, 3.8) is 0 Å². The van der Waals surface area contributed by atoms with Gasteiger partial charge in [0.1, 0.15) is 5.25 Å². The van der Waals surface area contributed by atoms with Crippen molar-refractivity contribution in [2.24, 2.45) is 4.99 Å². The molecular weight excluding hydrogens is 346 g/mol. The Morgan fingerprint density at radius 3 is 2.88 bits per heavy atom. The van der Waals surface area contributed by atoms with Crippen molar-refractivity contribution in [2.45, 2.75) is 49.8 Å². The van der Waals surface area contributed by atoms with Crippen molar-refractivity contribution < 1.29 is 9.59 Å². The highest BCUT2D eigenvalue weighted by molar-refractivity contribution is 8.15. The summed E-state index contributed by atoms with van der Waals surface area (Å²) in [7, 11) is 0. The molecule has 0 spiro atoms. The van der Waals surface area contributed by atoms with E-state index in [-0.39, 0.29) is 18.2 Å². The molecular formula is C17H20ClN3O2S. The van der Waals surface area contributed by atoms with Gasteiger partial charge in [0.2, 0.25) is 11.8 Å². The summed E-state index contributed by atoms with van der Waals surface area (Å²) >= 11 is 7.26. The number of anilines is 1. The SMILES string of the molecule is O=C(CC1SC(=NC2CCCCC2)NC1=O)Nc1cccc(Cl)c1. The van der Waals surface area contributed by atoms with Crippen molar-refractivity contribution in [3.05, 3.63) is 29.3 Å². The molecule has 24 heavy (non-hydrogen) atoms. The average Bonchev–Trinajstić information content (AvgIpc) is 2.87. The number of halogens is 1. The van der Waals surface area contributed by atoms with Gasteiger partial charge < -0.3 is 10.6 Å². The Labute approximate surface area is 150 Å². The fourth-order valence-corrected chi connectivity index (χ4v) is 4.15. The van der Waals surface area contributed by atoms with Gasteiger partial charge in [-0.1, -0.05) is 48.7 Å². The lowest BCUT2D eigenvalue weighted by molar-refractivity contribution is -0.122. The summed E-state index contributed by atoms with van der Waals surface area (Å²) in [5, 5.41) is 6.37. The third-order valence-electron chi connectivity index (χ3n) is 4.13. The molecule has 7 heteroatoms. The number of nitrogens with one attached hydrogen (secondary N) is 2. The van der Waals surface area contributed by atoms with Crippen molar-refractivity contribution in [2.75, 3.05) is 5.32 Å². The summed E-state index contributed by atoms with van der Waals surface area (Å²) in [5.74, 6) is -0.348. The fourth-order valence-electron chi connectivity index (χ4n) is 2.92. The molecule has 1 atom stereocenters. The number of carbonyl (C=O) groups is 2. The molecule has 2 aliphatic rings. The molecule has 0 aromatic heterocycles. The molecule has 1 saturated heterocycles. The Kier molecular flexibility index (Phi) is 5.79. The zero-order valence-corrected chi connectivity index (χ0v) is 14.8. The summed E-state index contributed by atoms with van der Waals surface area (Å²) in [6.45, 7) is 0. The van der Waals surface area contributed by atoms with Gasteiger partial charge in [0.25, 0.3) is 0 Å². The predicted octanol–water partition coefficient (Wildman–Crippen LogP) is 3.59. The maximum absolute atomic E-state index is 12.1. The van der Waals surface area contributed by atoms with Gasteiger partial charge in [-0.2, -0.15) is 0 Å². The van der Waals surface area contributed by atoms with Crippen LogP contribution in [-0.2, 0) is 9.59 Å². The smallest absolute Gasteiger partial charge is 0.240 e. The Bertz CT molecular complexity index is 659. The van der Waals surface area contributed by atoms with E-state index in [2.05, 4.69) is 15.6 Å². The number of aliphatic imine (C=N–C) groups is 1. The van der Waals surface area contributed by atoms with E-state index in [1.54, 1.807) is 24.3 Å². The number of benzene rings is 1. The lowest BCUT2D eigenvalue weighted by Gasteiger charge is -2.17. The van der Waals surface area contributed by atoms with Crippen LogP contribution in [0.3, 0.4) is 0 Å². The van der Waals surface area contributed by atoms with Gasteiger partial charge in [-0.15, -0.1) is 0 Å². The molecule has 1 unspecified atom stereocenters. The molecule has 2 fully saturated rings. The third-order valence-corrected chi connectivity index (χ3v) is 5.46. The number of amides is 2. The summed E-state index contributed by atoms with van der Waals surface area (Å²) in [4.78, 5) is 28.8. The van der Waals surface area contributed by atoms with E-state index in [1.165, 1.54) is 31.0 Å². The van der Waals surface area contributed by atoms with E-state index in [1.807, 2.05) is 0 Å². The molecule has 2 amide bonds. The van der Waals surface area contributed by atoms with Gasteiger partial charge in [-0.3, -0.25) is 14.6 Å². The van der Waals surface area contributed by atoms with Gasteiger partial charge in [0.15, 0.2) is 5.17 Å². The van der Waals surface area contributed by atoms with Gasteiger partial charge in [-0.25, -0.2) is 0 Å². The van der Waals surface area contributed by atoms with Crippen molar-refractivity contribution in [1.29, 1.82) is 0 Å². The van der Waals surface area contributed by atoms with Crippen LogP contribution in [0.2, 0.25) is 5.02 Å². The molecule has 128 valence electrons. The van der Waals surface area contributed by atoms with E-state index in [0.717, 1.165) is 12.8 Å². The topological polar surface area (TPSA) is 70.6 Å². The van der Waals surface area contributed by atoms with Crippen LogP contribution in [0.15, 0.2) is 29.3 Å². The molecule has 5 nitrogen and oxygen atoms in total. The van der Waals surface area contributed by atoms with E-state index in [0.29, 0.717) is 21.9 Å². The highest BCUT2D eigenvalue weighted by Gasteiger charge is 2.32. The Balaban J connectivity index is 1.54. The Hall–Kier alpha value is -1.53. The predicted molar refractivity (Wildman–Crippen MR) is 98.5 cm³/mol. The average molecular weight is 366 g/mol. The number of rotatable bonds is 4. The van der Waals surface area contributed by atoms with Gasteiger partial charge in [0.05, 0.1) is 6.04 Å². The van der Waals surface area contributed by atoms with Crippen LogP contribution in [0.1, 0.15) is 38.5 Å². The number of carbonyl (C=O) groups excluding carboxylic acids is 2. The summed E-state index contributed by atoms with van der Waals surface area (Å²) < 4.78 is 0. The number of thioether (sulfide) groups is 1. The first-order valence-corrected chi connectivity index (χ1v) is 9.46. The number of amidine groups is 1. The van der Waals surface area contributed by atoms with Crippen molar-refractivity contribution >= 4 is 46.0 Å². The van der Waals surface area contributed by atoms with Crippen LogP contribution >= 0.6 is 23.4 Å². The van der Waals surface area contributed by atoms with Gasteiger partial charge in [-0.05, 0) is 31.0 Å². The lowest BCUT2D eigenvalue weighted by Crippen LogP contribution is -2.28.